The van der Waals surface area contributed by atoms with Crippen LogP contribution in [0, 0.1) is 0 Å². The average Bonchev–Trinajstić information content (AvgIpc) is 2.99. The van der Waals surface area contributed by atoms with Gasteiger partial charge in [-0.15, -0.1) is 0 Å². The van der Waals surface area contributed by atoms with Gasteiger partial charge in [0.05, 0.1) is 17.4 Å². The van der Waals surface area contributed by atoms with Crippen molar-refractivity contribution in [3.05, 3.63) is 36.9 Å². The van der Waals surface area contributed by atoms with Gasteiger partial charge in [-0.1, -0.05) is 12.1 Å². The Labute approximate surface area is 103 Å². The molecule has 18 heavy (non-hydrogen) atoms. The number of imidazole rings is 2. The molecule has 0 radical (unpaired) electrons. The Morgan fingerprint density at radius 1 is 1.06 bits per heavy atom. The topological polar surface area (TPSA) is 48.0 Å². The Bertz CT molecular complexity index is 871. The molecule has 0 saturated carbocycles. The number of nitrogens with zero attached hydrogens (tertiary/aromatic N) is 5. The molecule has 5 nitrogen and oxygen atoms in total. The first-order valence-electron chi connectivity index (χ1n) is 5.95. The lowest BCUT2D eigenvalue weighted by Gasteiger charge is -1.98. The van der Waals surface area contributed by atoms with Gasteiger partial charge in [0, 0.05) is 6.54 Å². The van der Waals surface area contributed by atoms with Crippen LogP contribution in [0.15, 0.2) is 36.9 Å². The summed E-state index contributed by atoms with van der Waals surface area (Å²) < 4.78 is 4.01. The maximum absolute atomic E-state index is 4.64. The van der Waals surface area contributed by atoms with E-state index in [1.807, 2.05) is 45.9 Å². The highest BCUT2D eigenvalue weighted by molar-refractivity contribution is 5.92. The molecule has 0 amide bonds. The van der Waals surface area contributed by atoms with Crippen LogP contribution in [-0.2, 0) is 6.54 Å². The first kappa shape index (κ1) is 9.58. The molecule has 88 valence electrons. The van der Waals surface area contributed by atoms with Gasteiger partial charge in [-0.2, -0.15) is 0 Å². The fourth-order valence-electron chi connectivity index (χ4n) is 2.34. The summed E-state index contributed by atoms with van der Waals surface area (Å²) in [4.78, 5) is 13.6. The molecule has 0 aliphatic carbocycles. The smallest absolute Gasteiger partial charge is 0.169 e. The molecule has 5 heteroatoms. The molecule has 0 fully saturated rings. The van der Waals surface area contributed by atoms with Crippen molar-refractivity contribution in [2.45, 2.75) is 13.5 Å². The zero-order valence-electron chi connectivity index (χ0n) is 9.91. The summed E-state index contributed by atoms with van der Waals surface area (Å²) in [5.74, 6) is 0. The Hall–Kier alpha value is -2.43. The third-order valence-electron chi connectivity index (χ3n) is 3.25. The van der Waals surface area contributed by atoms with Crippen molar-refractivity contribution >= 4 is 27.8 Å². The monoisotopic (exact) mass is 237 g/mol. The SMILES string of the molecule is CCn1cnc2c1ncn1c3ccccc3nc21. The molecule has 0 aliphatic heterocycles. The molecule has 0 saturated heterocycles. The van der Waals surface area contributed by atoms with Crippen LogP contribution in [0.1, 0.15) is 6.92 Å². The Balaban J connectivity index is 2.25. The number of aryl methyl sites for hydroxylation is 1. The molecular formula is C13H11N5. The molecule has 0 N–H and O–H groups in total. The maximum atomic E-state index is 4.64. The summed E-state index contributed by atoms with van der Waals surface area (Å²) in [6.07, 6.45) is 3.64. The Morgan fingerprint density at radius 3 is 2.83 bits per heavy atom. The highest BCUT2D eigenvalue weighted by Crippen LogP contribution is 2.21. The lowest BCUT2D eigenvalue weighted by atomic mass is 10.3. The van der Waals surface area contributed by atoms with E-state index in [0.717, 1.165) is 34.4 Å². The molecular weight excluding hydrogens is 226 g/mol. The van der Waals surface area contributed by atoms with Crippen LogP contribution in [0.3, 0.4) is 0 Å². The molecule has 4 rings (SSSR count). The lowest BCUT2D eigenvalue weighted by molar-refractivity contribution is 0.777. The van der Waals surface area contributed by atoms with Gasteiger partial charge in [-0.05, 0) is 19.1 Å². The van der Waals surface area contributed by atoms with Crippen LogP contribution < -0.4 is 0 Å². The lowest BCUT2D eigenvalue weighted by Crippen LogP contribution is -1.95. The molecule has 0 aliphatic rings. The van der Waals surface area contributed by atoms with Crippen molar-refractivity contribution < 1.29 is 0 Å². The predicted molar refractivity (Wildman–Crippen MR) is 69.5 cm³/mol. The van der Waals surface area contributed by atoms with Crippen molar-refractivity contribution in [3.8, 4) is 0 Å². The number of aromatic nitrogens is 5. The molecule has 0 unspecified atom stereocenters. The second-order valence-corrected chi connectivity index (χ2v) is 4.24. The Morgan fingerprint density at radius 2 is 1.94 bits per heavy atom. The molecule has 1 aromatic carbocycles. The average molecular weight is 237 g/mol. The van der Waals surface area contributed by atoms with Crippen LogP contribution in [0.5, 0.6) is 0 Å². The van der Waals surface area contributed by atoms with Crippen LogP contribution in [0.25, 0.3) is 27.8 Å². The van der Waals surface area contributed by atoms with Gasteiger partial charge >= 0.3 is 0 Å². The number of para-hydroxylation sites is 2. The van der Waals surface area contributed by atoms with Crippen molar-refractivity contribution in [2.24, 2.45) is 0 Å². The highest BCUT2D eigenvalue weighted by Gasteiger charge is 2.11. The maximum Gasteiger partial charge on any atom is 0.169 e. The number of rotatable bonds is 1. The van der Waals surface area contributed by atoms with E-state index >= 15 is 0 Å². The number of hydrogen-bond acceptors (Lipinski definition) is 3. The summed E-state index contributed by atoms with van der Waals surface area (Å²) >= 11 is 0. The molecule has 0 atom stereocenters. The van der Waals surface area contributed by atoms with Crippen LogP contribution in [0.4, 0.5) is 0 Å². The normalized spacial score (nSPS) is 11.8. The number of hydrogen-bond donors (Lipinski definition) is 0. The molecule has 3 aromatic heterocycles. The minimum atomic E-state index is 0.857. The fourth-order valence-corrected chi connectivity index (χ4v) is 2.34. The van der Waals surface area contributed by atoms with E-state index in [-0.39, 0.29) is 0 Å². The van der Waals surface area contributed by atoms with Crippen LogP contribution in [0.2, 0.25) is 0 Å². The molecule has 3 heterocycles. The van der Waals surface area contributed by atoms with Crippen LogP contribution in [-0.4, -0.2) is 23.9 Å². The van der Waals surface area contributed by atoms with Crippen molar-refractivity contribution in [1.82, 2.24) is 23.9 Å². The van der Waals surface area contributed by atoms with Crippen molar-refractivity contribution in [2.75, 3.05) is 0 Å². The number of benzene rings is 1. The Kier molecular flexibility index (Phi) is 1.75. The molecule has 0 spiro atoms. The third-order valence-corrected chi connectivity index (χ3v) is 3.25. The van der Waals surface area contributed by atoms with Crippen molar-refractivity contribution in [3.63, 3.8) is 0 Å². The van der Waals surface area contributed by atoms with Gasteiger partial charge < -0.3 is 4.57 Å². The predicted octanol–water partition coefficient (Wildman–Crippen LogP) is 2.25. The van der Waals surface area contributed by atoms with E-state index in [4.69, 9.17) is 0 Å². The van der Waals surface area contributed by atoms with E-state index in [1.54, 1.807) is 0 Å². The summed E-state index contributed by atoms with van der Waals surface area (Å²) in [7, 11) is 0. The number of fused-ring (bicyclic) bond motifs is 5. The van der Waals surface area contributed by atoms with Gasteiger partial charge in [0.1, 0.15) is 6.33 Å². The fraction of sp³-hybridized carbons (Fsp3) is 0.154. The quantitative estimate of drug-likeness (QED) is 0.510. The largest absolute Gasteiger partial charge is 0.315 e. The van der Waals surface area contributed by atoms with E-state index < -0.39 is 0 Å². The zero-order valence-corrected chi connectivity index (χ0v) is 9.91. The minimum absolute atomic E-state index is 0.857. The molecule has 0 bridgehead atoms. The van der Waals surface area contributed by atoms with E-state index in [9.17, 15) is 0 Å². The highest BCUT2D eigenvalue weighted by atomic mass is 15.2. The standard InChI is InChI=1S/C13H11N5/c1-2-17-7-14-11-12(17)15-8-18-10-6-4-3-5-9(10)16-13(11)18/h3-8H,2H2,1H3. The summed E-state index contributed by atoms with van der Waals surface area (Å²) in [5.41, 5.74) is 4.65. The first-order valence-corrected chi connectivity index (χ1v) is 5.95. The second kappa shape index (κ2) is 3.29. The zero-order chi connectivity index (χ0) is 12.1. The summed E-state index contributed by atoms with van der Waals surface area (Å²) in [5, 5.41) is 0. The summed E-state index contributed by atoms with van der Waals surface area (Å²) in [6, 6.07) is 8.04. The van der Waals surface area contributed by atoms with E-state index in [2.05, 4.69) is 21.9 Å². The van der Waals surface area contributed by atoms with Gasteiger partial charge in [-0.3, -0.25) is 4.40 Å². The van der Waals surface area contributed by atoms with Gasteiger partial charge in [-0.25, -0.2) is 15.0 Å². The summed E-state index contributed by atoms with van der Waals surface area (Å²) in [6.45, 7) is 2.94. The molecule has 4 aromatic rings. The van der Waals surface area contributed by atoms with E-state index in [0.29, 0.717) is 0 Å². The third kappa shape index (κ3) is 1.08. The minimum Gasteiger partial charge on any atom is -0.315 e. The first-order chi connectivity index (χ1) is 8.88. The van der Waals surface area contributed by atoms with Gasteiger partial charge in [0.15, 0.2) is 16.8 Å². The van der Waals surface area contributed by atoms with E-state index in [1.165, 1.54) is 0 Å². The van der Waals surface area contributed by atoms with Gasteiger partial charge in [0.25, 0.3) is 0 Å². The van der Waals surface area contributed by atoms with Crippen molar-refractivity contribution in [1.29, 1.82) is 0 Å². The van der Waals surface area contributed by atoms with Gasteiger partial charge in [0.2, 0.25) is 0 Å². The second-order valence-electron chi connectivity index (χ2n) is 4.24. The van der Waals surface area contributed by atoms with Crippen LogP contribution >= 0.6 is 0 Å².